The van der Waals surface area contributed by atoms with Crippen LogP contribution in [0, 0.1) is 5.82 Å². The summed E-state index contributed by atoms with van der Waals surface area (Å²) in [5.41, 5.74) is 0.796. The predicted molar refractivity (Wildman–Crippen MR) is 68.1 cm³/mol. The van der Waals surface area contributed by atoms with Crippen molar-refractivity contribution >= 4 is 0 Å². The van der Waals surface area contributed by atoms with E-state index >= 15 is 0 Å². The van der Waals surface area contributed by atoms with Gasteiger partial charge in [0, 0.05) is 13.2 Å². The largest absolute Gasteiger partial charge is 0.394 e. The molecule has 0 spiro atoms. The molecular formula is C14H20FNO2. The van der Waals surface area contributed by atoms with Crippen molar-refractivity contribution in [1.82, 2.24) is 5.32 Å². The molecule has 1 aliphatic rings. The van der Waals surface area contributed by atoms with Gasteiger partial charge in [-0.05, 0) is 30.0 Å². The number of rotatable bonds is 5. The third kappa shape index (κ3) is 3.07. The van der Waals surface area contributed by atoms with Crippen molar-refractivity contribution in [3.05, 3.63) is 35.6 Å². The van der Waals surface area contributed by atoms with Gasteiger partial charge in [0.1, 0.15) is 5.82 Å². The number of aliphatic hydroxyl groups excluding tert-OH is 1. The number of ether oxygens (including phenoxy) is 1. The molecule has 0 aliphatic carbocycles. The van der Waals surface area contributed by atoms with Crippen molar-refractivity contribution in [2.75, 3.05) is 26.4 Å². The Bertz CT molecular complexity index is 374. The van der Waals surface area contributed by atoms with E-state index in [1.165, 1.54) is 12.1 Å². The summed E-state index contributed by atoms with van der Waals surface area (Å²) in [5, 5.41) is 12.8. The van der Waals surface area contributed by atoms with E-state index in [9.17, 15) is 9.50 Å². The maximum atomic E-state index is 12.8. The Morgan fingerprint density at radius 3 is 2.72 bits per heavy atom. The monoisotopic (exact) mass is 253 g/mol. The van der Waals surface area contributed by atoms with Gasteiger partial charge in [-0.3, -0.25) is 0 Å². The first-order valence-electron chi connectivity index (χ1n) is 6.34. The van der Waals surface area contributed by atoms with Crippen LogP contribution in [-0.2, 0) is 4.74 Å². The van der Waals surface area contributed by atoms with Gasteiger partial charge in [0.15, 0.2) is 0 Å². The summed E-state index contributed by atoms with van der Waals surface area (Å²) < 4.78 is 18.2. The highest BCUT2D eigenvalue weighted by Gasteiger charge is 2.33. The van der Waals surface area contributed by atoms with E-state index in [-0.39, 0.29) is 23.9 Å². The molecule has 1 aliphatic heterocycles. The Morgan fingerprint density at radius 1 is 1.44 bits per heavy atom. The van der Waals surface area contributed by atoms with Gasteiger partial charge < -0.3 is 15.2 Å². The Kier molecular flexibility index (Phi) is 4.32. The highest BCUT2D eigenvalue weighted by Crippen LogP contribution is 2.20. The van der Waals surface area contributed by atoms with E-state index in [4.69, 9.17) is 4.74 Å². The molecular weight excluding hydrogens is 233 g/mol. The van der Waals surface area contributed by atoms with Crippen LogP contribution >= 0.6 is 0 Å². The van der Waals surface area contributed by atoms with Crippen LogP contribution in [0.15, 0.2) is 24.3 Å². The third-order valence-corrected chi connectivity index (χ3v) is 3.63. The average molecular weight is 253 g/mol. The zero-order chi connectivity index (χ0) is 13.0. The van der Waals surface area contributed by atoms with Crippen molar-refractivity contribution in [2.45, 2.75) is 24.8 Å². The highest BCUT2D eigenvalue weighted by molar-refractivity contribution is 5.20. The molecule has 100 valence electrons. The van der Waals surface area contributed by atoms with E-state index in [0.29, 0.717) is 13.2 Å². The molecule has 3 nitrogen and oxygen atoms in total. The van der Waals surface area contributed by atoms with E-state index in [2.05, 4.69) is 12.2 Å². The Hall–Kier alpha value is -0.970. The number of hydrogen-bond donors (Lipinski definition) is 2. The van der Waals surface area contributed by atoms with Crippen molar-refractivity contribution < 1.29 is 14.2 Å². The Labute approximate surface area is 107 Å². The molecule has 0 amide bonds. The number of halogens is 1. The standard InChI is InChI=1S/C14H20FNO2/c1-11(12-2-4-13(15)5-3-12)8-16-14(9-17)6-7-18-10-14/h2-5,11,16-17H,6-10H2,1H3/t11-,14-/m1/s1. The molecule has 4 heteroatoms. The summed E-state index contributed by atoms with van der Waals surface area (Å²) in [5.74, 6) is 0.0598. The van der Waals surface area contributed by atoms with Crippen LogP contribution in [0.2, 0.25) is 0 Å². The van der Waals surface area contributed by atoms with Crippen LogP contribution in [0.4, 0.5) is 4.39 Å². The van der Waals surface area contributed by atoms with Gasteiger partial charge in [-0.15, -0.1) is 0 Å². The number of benzene rings is 1. The lowest BCUT2D eigenvalue weighted by Crippen LogP contribution is -2.50. The summed E-state index contributed by atoms with van der Waals surface area (Å²) in [6, 6.07) is 6.57. The van der Waals surface area contributed by atoms with Crippen molar-refractivity contribution in [3.63, 3.8) is 0 Å². The fourth-order valence-electron chi connectivity index (χ4n) is 2.21. The SMILES string of the molecule is C[C@H](CN[C@@]1(CO)CCOC1)c1ccc(F)cc1. The second-order valence-electron chi connectivity index (χ2n) is 5.07. The fraction of sp³-hybridized carbons (Fsp3) is 0.571. The van der Waals surface area contributed by atoms with Crippen LogP contribution in [0.3, 0.4) is 0 Å². The van der Waals surface area contributed by atoms with Crippen LogP contribution < -0.4 is 5.32 Å². The van der Waals surface area contributed by atoms with Crippen LogP contribution in [0.1, 0.15) is 24.8 Å². The summed E-state index contributed by atoms with van der Waals surface area (Å²) in [6.45, 7) is 4.16. The van der Waals surface area contributed by atoms with Crippen LogP contribution in [-0.4, -0.2) is 37.0 Å². The lowest BCUT2D eigenvalue weighted by Gasteiger charge is -2.28. The third-order valence-electron chi connectivity index (χ3n) is 3.63. The molecule has 2 N–H and O–H groups in total. The second kappa shape index (κ2) is 5.78. The fourth-order valence-corrected chi connectivity index (χ4v) is 2.21. The maximum Gasteiger partial charge on any atom is 0.123 e. The normalized spacial score (nSPS) is 25.3. The molecule has 0 saturated carbocycles. The first-order chi connectivity index (χ1) is 8.65. The molecule has 1 heterocycles. The first kappa shape index (κ1) is 13.5. The van der Waals surface area contributed by atoms with E-state index in [1.807, 2.05) is 0 Å². The molecule has 18 heavy (non-hydrogen) atoms. The second-order valence-corrected chi connectivity index (χ2v) is 5.07. The summed E-state index contributed by atoms with van der Waals surface area (Å²) >= 11 is 0. The van der Waals surface area contributed by atoms with Gasteiger partial charge >= 0.3 is 0 Å². The lowest BCUT2D eigenvalue weighted by molar-refractivity contribution is 0.120. The molecule has 2 atom stereocenters. The Balaban J connectivity index is 1.91. The van der Waals surface area contributed by atoms with E-state index in [1.54, 1.807) is 12.1 Å². The molecule has 1 fully saturated rings. The molecule has 0 radical (unpaired) electrons. The summed E-state index contributed by atoms with van der Waals surface area (Å²) in [7, 11) is 0. The minimum absolute atomic E-state index is 0.0864. The van der Waals surface area contributed by atoms with Gasteiger partial charge in [-0.25, -0.2) is 4.39 Å². The van der Waals surface area contributed by atoms with Crippen molar-refractivity contribution in [2.24, 2.45) is 0 Å². The highest BCUT2D eigenvalue weighted by atomic mass is 19.1. The molecule has 0 unspecified atom stereocenters. The first-order valence-corrected chi connectivity index (χ1v) is 6.34. The Morgan fingerprint density at radius 2 is 2.17 bits per heavy atom. The van der Waals surface area contributed by atoms with Gasteiger partial charge in [-0.2, -0.15) is 0 Å². The lowest BCUT2D eigenvalue weighted by atomic mass is 9.96. The smallest absolute Gasteiger partial charge is 0.123 e. The van der Waals surface area contributed by atoms with Gasteiger partial charge in [0.25, 0.3) is 0 Å². The van der Waals surface area contributed by atoms with Gasteiger partial charge in [0.05, 0.1) is 18.8 Å². The number of aliphatic hydroxyl groups is 1. The minimum atomic E-state index is -0.297. The quantitative estimate of drug-likeness (QED) is 0.838. The average Bonchev–Trinajstić information content (AvgIpc) is 2.86. The zero-order valence-electron chi connectivity index (χ0n) is 10.7. The van der Waals surface area contributed by atoms with E-state index < -0.39 is 0 Å². The summed E-state index contributed by atoms with van der Waals surface area (Å²) in [6.07, 6.45) is 0.833. The molecule has 2 rings (SSSR count). The van der Waals surface area contributed by atoms with Crippen molar-refractivity contribution in [3.8, 4) is 0 Å². The molecule has 1 aromatic carbocycles. The maximum absolute atomic E-state index is 12.8. The van der Waals surface area contributed by atoms with Crippen molar-refractivity contribution in [1.29, 1.82) is 0 Å². The molecule has 1 aromatic rings. The number of nitrogens with one attached hydrogen (secondary N) is 1. The number of hydrogen-bond acceptors (Lipinski definition) is 3. The predicted octanol–water partition coefficient (Wildman–Crippen LogP) is 1.67. The topological polar surface area (TPSA) is 41.5 Å². The summed E-state index contributed by atoms with van der Waals surface area (Å²) in [4.78, 5) is 0. The molecule has 0 bridgehead atoms. The van der Waals surface area contributed by atoms with Crippen LogP contribution in [0.25, 0.3) is 0 Å². The van der Waals surface area contributed by atoms with Crippen LogP contribution in [0.5, 0.6) is 0 Å². The van der Waals surface area contributed by atoms with E-state index in [0.717, 1.165) is 18.5 Å². The zero-order valence-corrected chi connectivity index (χ0v) is 10.7. The molecule has 0 aromatic heterocycles. The molecule has 1 saturated heterocycles. The van der Waals surface area contributed by atoms with Gasteiger partial charge in [0.2, 0.25) is 0 Å². The minimum Gasteiger partial charge on any atom is -0.394 e. The van der Waals surface area contributed by atoms with Gasteiger partial charge in [-0.1, -0.05) is 19.1 Å².